The van der Waals surface area contributed by atoms with E-state index in [9.17, 15) is 13.6 Å². The summed E-state index contributed by atoms with van der Waals surface area (Å²) in [5.74, 6) is -0.861. The molecule has 0 bridgehead atoms. The van der Waals surface area contributed by atoms with Gasteiger partial charge in [-0.1, -0.05) is 0 Å². The lowest BCUT2D eigenvalue weighted by atomic mass is 10.0. The summed E-state index contributed by atoms with van der Waals surface area (Å²) in [6.45, 7) is 0.668. The Bertz CT molecular complexity index is 1270. The molecule has 1 saturated heterocycles. The summed E-state index contributed by atoms with van der Waals surface area (Å²) >= 11 is 0. The molecule has 5 rings (SSSR count). The molecule has 1 aromatic carbocycles. The fourth-order valence-electron chi connectivity index (χ4n) is 3.88. The van der Waals surface area contributed by atoms with E-state index in [4.69, 9.17) is 10.7 Å². The Morgan fingerprint density at radius 1 is 1.17 bits per heavy atom. The standard InChI is InChI=1S/C20H17F2N7O/c21-13-3-4-15(22)14(8-13)16-2-1-6-27(16)18-5-7-28-20(26-18)17(10-25-28)29-11-12(9-24-29)19(23)30/h3-5,7-11,16H,1-2,6H2,(H2,23,30)/t16-/m1/s1. The summed E-state index contributed by atoms with van der Waals surface area (Å²) in [4.78, 5) is 18.0. The molecule has 0 radical (unpaired) electrons. The van der Waals surface area contributed by atoms with E-state index in [0.717, 1.165) is 18.6 Å². The average Bonchev–Trinajstić information content (AvgIpc) is 3.47. The van der Waals surface area contributed by atoms with Gasteiger partial charge in [0.2, 0.25) is 0 Å². The van der Waals surface area contributed by atoms with E-state index in [2.05, 4.69) is 10.2 Å². The normalized spacial score (nSPS) is 16.5. The van der Waals surface area contributed by atoms with Crippen LogP contribution in [0, 0.1) is 11.6 Å². The second kappa shape index (κ2) is 6.90. The Morgan fingerprint density at radius 3 is 2.83 bits per heavy atom. The van der Waals surface area contributed by atoms with Crippen LogP contribution >= 0.6 is 0 Å². The second-order valence-corrected chi connectivity index (χ2v) is 7.14. The van der Waals surface area contributed by atoms with Crippen LogP contribution in [0.3, 0.4) is 0 Å². The molecule has 0 saturated carbocycles. The Balaban J connectivity index is 1.56. The minimum Gasteiger partial charge on any atom is -0.366 e. The smallest absolute Gasteiger partial charge is 0.251 e. The Labute approximate surface area is 169 Å². The first kappa shape index (κ1) is 18.2. The van der Waals surface area contributed by atoms with E-state index >= 15 is 0 Å². The van der Waals surface area contributed by atoms with Crippen molar-refractivity contribution in [2.24, 2.45) is 5.73 Å². The molecule has 30 heavy (non-hydrogen) atoms. The number of hydrogen-bond donors (Lipinski definition) is 1. The fourth-order valence-corrected chi connectivity index (χ4v) is 3.88. The van der Waals surface area contributed by atoms with Crippen LogP contribution in [0.4, 0.5) is 14.6 Å². The maximum absolute atomic E-state index is 14.4. The number of primary amides is 1. The van der Waals surface area contributed by atoms with Crippen LogP contribution in [0.5, 0.6) is 0 Å². The number of amides is 1. The van der Waals surface area contributed by atoms with Gasteiger partial charge in [0, 0.05) is 24.5 Å². The molecular formula is C20H17F2N7O. The molecule has 4 heterocycles. The van der Waals surface area contributed by atoms with Crippen LogP contribution < -0.4 is 10.6 Å². The molecule has 1 amide bonds. The van der Waals surface area contributed by atoms with Crippen LogP contribution in [-0.4, -0.2) is 36.8 Å². The molecule has 10 heteroatoms. The zero-order chi connectivity index (χ0) is 20.8. The monoisotopic (exact) mass is 409 g/mol. The predicted molar refractivity (Wildman–Crippen MR) is 104 cm³/mol. The maximum atomic E-state index is 14.4. The largest absolute Gasteiger partial charge is 0.366 e. The third-order valence-corrected chi connectivity index (χ3v) is 5.31. The van der Waals surface area contributed by atoms with Gasteiger partial charge in [0.05, 0.1) is 24.0 Å². The van der Waals surface area contributed by atoms with Crippen molar-refractivity contribution in [1.29, 1.82) is 0 Å². The molecule has 1 aliphatic rings. The Morgan fingerprint density at radius 2 is 2.03 bits per heavy atom. The summed E-state index contributed by atoms with van der Waals surface area (Å²) in [6.07, 6.45) is 7.74. The lowest BCUT2D eigenvalue weighted by Gasteiger charge is -2.26. The van der Waals surface area contributed by atoms with Gasteiger partial charge in [0.15, 0.2) is 5.65 Å². The van der Waals surface area contributed by atoms with Gasteiger partial charge in [0.25, 0.3) is 5.91 Å². The number of fused-ring (bicyclic) bond motifs is 1. The van der Waals surface area contributed by atoms with E-state index in [1.54, 1.807) is 23.0 Å². The summed E-state index contributed by atoms with van der Waals surface area (Å²) < 4.78 is 31.2. The van der Waals surface area contributed by atoms with Crippen molar-refractivity contribution in [2.75, 3.05) is 11.4 Å². The number of aromatic nitrogens is 5. The van der Waals surface area contributed by atoms with Crippen molar-refractivity contribution < 1.29 is 13.6 Å². The van der Waals surface area contributed by atoms with Gasteiger partial charge >= 0.3 is 0 Å². The zero-order valence-electron chi connectivity index (χ0n) is 15.7. The van der Waals surface area contributed by atoms with E-state index in [-0.39, 0.29) is 11.6 Å². The Kier molecular flexibility index (Phi) is 4.19. The van der Waals surface area contributed by atoms with Gasteiger partial charge < -0.3 is 10.6 Å². The summed E-state index contributed by atoms with van der Waals surface area (Å²) in [6, 6.07) is 4.99. The van der Waals surface area contributed by atoms with Gasteiger partial charge in [-0.25, -0.2) is 23.0 Å². The van der Waals surface area contributed by atoms with Crippen LogP contribution in [0.1, 0.15) is 34.8 Å². The van der Waals surface area contributed by atoms with Gasteiger partial charge in [0.1, 0.15) is 23.1 Å². The van der Waals surface area contributed by atoms with Gasteiger partial charge in [-0.05, 0) is 37.1 Å². The van der Waals surface area contributed by atoms with Crippen molar-refractivity contribution in [3.63, 3.8) is 0 Å². The lowest BCUT2D eigenvalue weighted by molar-refractivity contribution is 0.100. The Hall–Kier alpha value is -3.82. The molecule has 152 valence electrons. The minimum atomic E-state index is -0.580. The number of nitrogens with two attached hydrogens (primary N) is 1. The number of carbonyl (C=O) groups excluding carboxylic acids is 1. The SMILES string of the molecule is NC(=O)c1cnn(-c2cnn3ccc(N4CCC[C@@H]4c4cc(F)ccc4F)nc23)c1. The summed E-state index contributed by atoms with van der Waals surface area (Å²) in [5.41, 5.74) is 6.97. The fraction of sp³-hybridized carbons (Fsp3) is 0.200. The number of anilines is 1. The first-order chi connectivity index (χ1) is 14.5. The molecule has 2 N–H and O–H groups in total. The maximum Gasteiger partial charge on any atom is 0.251 e. The molecule has 1 aliphatic heterocycles. The van der Waals surface area contributed by atoms with Crippen LogP contribution in [0.2, 0.25) is 0 Å². The van der Waals surface area contributed by atoms with Crippen molar-refractivity contribution in [3.05, 3.63) is 71.8 Å². The summed E-state index contributed by atoms with van der Waals surface area (Å²) in [5, 5.41) is 8.43. The van der Waals surface area contributed by atoms with Gasteiger partial charge in [-0.2, -0.15) is 10.2 Å². The number of rotatable bonds is 4. The number of benzene rings is 1. The topological polar surface area (TPSA) is 94.3 Å². The lowest BCUT2D eigenvalue weighted by Crippen LogP contribution is -2.24. The first-order valence-electron chi connectivity index (χ1n) is 9.42. The van der Waals surface area contributed by atoms with Crippen molar-refractivity contribution in [1.82, 2.24) is 24.4 Å². The van der Waals surface area contributed by atoms with Crippen LogP contribution in [0.25, 0.3) is 11.3 Å². The highest BCUT2D eigenvalue weighted by molar-refractivity contribution is 5.92. The molecule has 4 aromatic rings. The number of halogens is 2. The van der Waals surface area contributed by atoms with Gasteiger partial charge in [-0.15, -0.1) is 0 Å². The molecule has 8 nitrogen and oxygen atoms in total. The predicted octanol–water partition coefficient (Wildman–Crippen LogP) is 2.63. The van der Waals surface area contributed by atoms with Crippen LogP contribution in [0.15, 0.2) is 49.1 Å². The third kappa shape index (κ3) is 2.97. The molecule has 0 unspecified atom stereocenters. The highest BCUT2D eigenvalue weighted by Crippen LogP contribution is 2.37. The second-order valence-electron chi connectivity index (χ2n) is 7.14. The van der Waals surface area contributed by atoms with Crippen LogP contribution in [-0.2, 0) is 0 Å². The average molecular weight is 409 g/mol. The summed E-state index contributed by atoms with van der Waals surface area (Å²) in [7, 11) is 0. The molecule has 1 fully saturated rings. The number of hydrogen-bond acceptors (Lipinski definition) is 5. The van der Waals surface area contributed by atoms with Gasteiger partial charge in [-0.3, -0.25) is 4.79 Å². The van der Waals surface area contributed by atoms with E-state index in [0.29, 0.717) is 35.7 Å². The highest BCUT2D eigenvalue weighted by Gasteiger charge is 2.30. The molecule has 3 aromatic heterocycles. The zero-order valence-corrected chi connectivity index (χ0v) is 15.7. The molecule has 0 spiro atoms. The first-order valence-corrected chi connectivity index (χ1v) is 9.42. The number of nitrogens with zero attached hydrogens (tertiary/aromatic N) is 6. The van der Waals surface area contributed by atoms with E-state index < -0.39 is 17.5 Å². The van der Waals surface area contributed by atoms with E-state index in [1.165, 1.54) is 23.1 Å². The van der Waals surface area contributed by atoms with Crippen molar-refractivity contribution in [2.45, 2.75) is 18.9 Å². The van der Waals surface area contributed by atoms with Crippen molar-refractivity contribution in [3.8, 4) is 5.69 Å². The highest BCUT2D eigenvalue weighted by atomic mass is 19.1. The van der Waals surface area contributed by atoms with E-state index in [1.807, 2.05) is 4.90 Å². The quantitative estimate of drug-likeness (QED) is 0.559. The third-order valence-electron chi connectivity index (χ3n) is 5.31. The molecular weight excluding hydrogens is 392 g/mol. The molecule has 1 atom stereocenters. The van der Waals surface area contributed by atoms with Crippen molar-refractivity contribution >= 4 is 17.4 Å². The number of carbonyl (C=O) groups is 1. The minimum absolute atomic E-state index is 0.270. The molecule has 0 aliphatic carbocycles.